The van der Waals surface area contributed by atoms with Crippen molar-refractivity contribution in [2.75, 3.05) is 0 Å². The van der Waals surface area contributed by atoms with E-state index in [1.165, 1.54) is 5.57 Å². The number of fused-ring (bicyclic) bond motifs is 5. The van der Waals surface area contributed by atoms with Crippen LogP contribution in [0.2, 0.25) is 0 Å². The molecule has 0 amide bonds. The fourth-order valence-corrected chi connectivity index (χ4v) is 6.26. The quantitative estimate of drug-likeness (QED) is 0.673. The Labute approximate surface area is 126 Å². The molecule has 0 saturated heterocycles. The predicted octanol–water partition coefficient (Wildman–Crippen LogP) is 3.23. The zero-order chi connectivity index (χ0) is 14.8. The molecule has 0 aromatic heterocycles. The smallest absolute Gasteiger partial charge is 0.127 e. The third-order valence-electron chi connectivity index (χ3n) is 7.37. The highest BCUT2D eigenvalue weighted by molar-refractivity contribution is 5.20. The number of hydrogen-bond acceptors (Lipinski definition) is 2. The van der Waals surface area contributed by atoms with Gasteiger partial charge in [0.25, 0.3) is 0 Å². The zero-order valence-electron chi connectivity index (χ0n) is 12.8. The number of aliphatic hydroxyl groups excluding tert-OH is 2. The summed E-state index contributed by atoms with van der Waals surface area (Å²) in [6.07, 6.45) is 6.90. The summed E-state index contributed by atoms with van der Waals surface area (Å²) in [4.78, 5) is 0. The molecule has 3 saturated carbocycles. The number of allylic oxidation sites excluding steroid dienone is 1. The van der Waals surface area contributed by atoms with Crippen molar-refractivity contribution >= 4 is 0 Å². The molecule has 0 spiro atoms. The molecule has 118 valence electrons. The summed E-state index contributed by atoms with van der Waals surface area (Å²) in [5.74, 6) is 2.21. The van der Waals surface area contributed by atoms with Gasteiger partial charge < -0.3 is 10.2 Å². The molecule has 0 heterocycles. The highest BCUT2D eigenvalue weighted by Crippen LogP contribution is 2.62. The second-order valence-electron chi connectivity index (χ2n) is 8.21. The van der Waals surface area contributed by atoms with Crippen molar-refractivity contribution in [3.63, 3.8) is 0 Å². The first kappa shape index (κ1) is 14.2. The largest absolute Gasteiger partial charge is 0.390 e. The van der Waals surface area contributed by atoms with E-state index in [0.717, 1.165) is 38.5 Å². The third-order valence-corrected chi connectivity index (χ3v) is 7.37. The normalized spacial score (nSPS) is 56.2. The molecular weight excluding hydrogens is 267 g/mol. The van der Waals surface area contributed by atoms with E-state index in [2.05, 4.69) is 13.0 Å². The predicted molar refractivity (Wildman–Crippen MR) is 79.4 cm³/mol. The molecular formula is C18H27FO2. The van der Waals surface area contributed by atoms with E-state index < -0.39 is 12.3 Å². The van der Waals surface area contributed by atoms with Gasteiger partial charge in [-0.25, -0.2) is 4.39 Å². The molecule has 0 unspecified atom stereocenters. The van der Waals surface area contributed by atoms with Crippen molar-refractivity contribution in [2.45, 2.75) is 70.2 Å². The van der Waals surface area contributed by atoms with Crippen molar-refractivity contribution in [1.82, 2.24) is 0 Å². The van der Waals surface area contributed by atoms with Gasteiger partial charge in [-0.2, -0.15) is 0 Å². The molecule has 0 aromatic carbocycles. The van der Waals surface area contributed by atoms with Crippen LogP contribution < -0.4 is 0 Å². The molecule has 4 rings (SSSR count). The third kappa shape index (κ3) is 1.96. The summed E-state index contributed by atoms with van der Waals surface area (Å²) < 4.78 is 14.1. The molecule has 0 aliphatic heterocycles. The van der Waals surface area contributed by atoms with Crippen LogP contribution in [0, 0.1) is 29.1 Å². The lowest BCUT2D eigenvalue weighted by molar-refractivity contribution is -0.0624. The fourth-order valence-electron chi connectivity index (χ4n) is 6.26. The van der Waals surface area contributed by atoms with E-state index in [-0.39, 0.29) is 11.5 Å². The highest BCUT2D eigenvalue weighted by Gasteiger charge is 2.59. The van der Waals surface area contributed by atoms with E-state index in [1.807, 2.05) is 0 Å². The van der Waals surface area contributed by atoms with Crippen molar-refractivity contribution in [2.24, 2.45) is 29.1 Å². The first-order valence-corrected chi connectivity index (χ1v) is 8.71. The Morgan fingerprint density at radius 2 is 1.95 bits per heavy atom. The van der Waals surface area contributed by atoms with Crippen LogP contribution in [0.25, 0.3) is 0 Å². The van der Waals surface area contributed by atoms with Crippen molar-refractivity contribution in [3.05, 3.63) is 11.6 Å². The van der Waals surface area contributed by atoms with Crippen LogP contribution in [0.15, 0.2) is 11.6 Å². The first-order chi connectivity index (χ1) is 10.0. The molecule has 3 heteroatoms. The maximum absolute atomic E-state index is 14.1. The van der Waals surface area contributed by atoms with E-state index in [9.17, 15) is 14.6 Å². The molecule has 0 radical (unpaired) electrons. The van der Waals surface area contributed by atoms with E-state index in [0.29, 0.717) is 30.1 Å². The molecule has 3 fully saturated rings. The number of rotatable bonds is 0. The number of halogens is 1. The molecule has 2 nitrogen and oxygen atoms in total. The van der Waals surface area contributed by atoms with Crippen molar-refractivity contribution < 1.29 is 14.6 Å². The standard InChI is InChI=1S/C18H27FO2/c1-18-7-6-13-12-5-3-11(20)8-10(12)2-4-14(13)15(18)9-16(19)17(18)21/h8,11-17,20-21H,2-7,9H2,1H3/t11-,12+,13-,14-,15+,16-,17+,18+/m1/s1. The maximum Gasteiger partial charge on any atom is 0.127 e. The number of alkyl halides is 1. The highest BCUT2D eigenvalue weighted by atomic mass is 19.1. The van der Waals surface area contributed by atoms with Crippen LogP contribution in [0.5, 0.6) is 0 Å². The summed E-state index contributed by atoms with van der Waals surface area (Å²) in [7, 11) is 0. The van der Waals surface area contributed by atoms with Crippen molar-refractivity contribution in [1.29, 1.82) is 0 Å². The average Bonchev–Trinajstić information content (AvgIpc) is 2.70. The van der Waals surface area contributed by atoms with Gasteiger partial charge in [-0.15, -0.1) is 0 Å². The molecule has 0 aromatic rings. The summed E-state index contributed by atoms with van der Waals surface area (Å²) in [5, 5.41) is 20.1. The minimum Gasteiger partial charge on any atom is -0.390 e. The summed E-state index contributed by atoms with van der Waals surface area (Å²) in [6, 6.07) is 0. The number of aliphatic hydroxyl groups is 2. The Morgan fingerprint density at radius 3 is 2.76 bits per heavy atom. The lowest BCUT2D eigenvalue weighted by Crippen LogP contribution is -2.48. The maximum atomic E-state index is 14.1. The molecule has 2 N–H and O–H groups in total. The Bertz CT molecular complexity index is 462. The minimum atomic E-state index is -1.02. The van der Waals surface area contributed by atoms with Gasteiger partial charge in [0.1, 0.15) is 6.17 Å². The monoisotopic (exact) mass is 294 g/mol. The van der Waals surface area contributed by atoms with Crippen LogP contribution in [-0.4, -0.2) is 28.6 Å². The second-order valence-corrected chi connectivity index (χ2v) is 8.21. The van der Waals surface area contributed by atoms with Gasteiger partial charge in [0.05, 0.1) is 12.2 Å². The zero-order valence-corrected chi connectivity index (χ0v) is 12.8. The van der Waals surface area contributed by atoms with Gasteiger partial charge in [-0.1, -0.05) is 18.6 Å². The molecule has 21 heavy (non-hydrogen) atoms. The Morgan fingerprint density at radius 1 is 1.14 bits per heavy atom. The lowest BCUT2D eigenvalue weighted by atomic mass is 9.52. The molecule has 0 bridgehead atoms. The van der Waals surface area contributed by atoms with Gasteiger partial charge in [-0.3, -0.25) is 0 Å². The fraction of sp³-hybridized carbons (Fsp3) is 0.889. The summed E-state index contributed by atoms with van der Waals surface area (Å²) in [6.45, 7) is 2.12. The van der Waals surface area contributed by atoms with Gasteiger partial charge in [0.2, 0.25) is 0 Å². The van der Waals surface area contributed by atoms with Gasteiger partial charge >= 0.3 is 0 Å². The Balaban J connectivity index is 1.62. The van der Waals surface area contributed by atoms with E-state index in [1.54, 1.807) is 0 Å². The van der Waals surface area contributed by atoms with Crippen LogP contribution in [0.1, 0.15) is 51.9 Å². The summed E-state index contributed by atoms with van der Waals surface area (Å²) in [5.41, 5.74) is 1.27. The van der Waals surface area contributed by atoms with Crippen molar-refractivity contribution in [3.8, 4) is 0 Å². The van der Waals surface area contributed by atoms with Crippen LogP contribution in [0.3, 0.4) is 0 Å². The second kappa shape index (κ2) is 4.79. The first-order valence-electron chi connectivity index (χ1n) is 8.71. The van der Waals surface area contributed by atoms with Crippen LogP contribution in [-0.2, 0) is 0 Å². The number of hydrogen-bond donors (Lipinski definition) is 2. The van der Waals surface area contributed by atoms with Gasteiger partial charge in [-0.05, 0) is 74.0 Å². The topological polar surface area (TPSA) is 40.5 Å². The molecule has 4 aliphatic carbocycles. The Hall–Kier alpha value is -0.410. The van der Waals surface area contributed by atoms with Crippen LogP contribution in [0.4, 0.5) is 4.39 Å². The minimum absolute atomic E-state index is 0.198. The lowest BCUT2D eigenvalue weighted by Gasteiger charge is -2.53. The molecule has 8 atom stereocenters. The Kier molecular flexibility index (Phi) is 3.24. The van der Waals surface area contributed by atoms with E-state index >= 15 is 0 Å². The van der Waals surface area contributed by atoms with E-state index in [4.69, 9.17) is 0 Å². The van der Waals surface area contributed by atoms with Crippen LogP contribution >= 0.6 is 0 Å². The average molecular weight is 294 g/mol. The van der Waals surface area contributed by atoms with Gasteiger partial charge in [0, 0.05) is 0 Å². The SMILES string of the molecule is C[C@]12CC[C@H]3[C@@H](CCC4=C[C@H](O)CC[C@@H]43)[C@@H]1C[C@@H](F)[C@@H]2O. The molecule has 4 aliphatic rings. The van der Waals surface area contributed by atoms with Gasteiger partial charge in [0.15, 0.2) is 0 Å². The summed E-state index contributed by atoms with van der Waals surface area (Å²) >= 11 is 0.